The molecule has 0 fully saturated rings. The molecule has 0 saturated carbocycles. The molecule has 2 radical (unpaired) electrons. The van der Waals surface area contributed by atoms with Gasteiger partial charge in [-0.3, -0.25) is 0 Å². The molecule has 1 rings (SSSR count). The Hall–Kier alpha value is -1.45. The highest BCUT2D eigenvalue weighted by molar-refractivity contribution is 6.34. The van der Waals surface area contributed by atoms with Crippen molar-refractivity contribution in [2.75, 3.05) is 14.2 Å². The van der Waals surface area contributed by atoms with Gasteiger partial charge in [-0.1, -0.05) is 11.5 Å². The molecule has 0 aliphatic rings. The van der Waals surface area contributed by atoms with E-state index in [1.807, 2.05) is 0 Å². The van der Waals surface area contributed by atoms with Crippen LogP contribution in [0.4, 0.5) is 0 Å². The molecule has 0 spiro atoms. The van der Waals surface area contributed by atoms with Gasteiger partial charge in [-0.15, -0.1) is 0 Å². The van der Waals surface area contributed by atoms with E-state index in [2.05, 4.69) is 4.74 Å². The van der Waals surface area contributed by atoms with Gasteiger partial charge in [0.15, 0.2) is 0 Å². The molecule has 0 bridgehead atoms. The van der Waals surface area contributed by atoms with Gasteiger partial charge in [0.05, 0.1) is 19.8 Å². The predicted molar refractivity (Wildman–Crippen MR) is 49.7 cm³/mol. The fourth-order valence-corrected chi connectivity index (χ4v) is 0.979. The Morgan fingerprint density at radius 1 is 1.38 bits per heavy atom. The van der Waals surface area contributed by atoms with E-state index in [1.165, 1.54) is 20.3 Å². The number of methoxy groups -OCH3 is 2. The number of esters is 1. The van der Waals surface area contributed by atoms with Crippen LogP contribution in [-0.2, 0) is 4.74 Å². The molecule has 0 amide bonds. The van der Waals surface area contributed by atoms with Gasteiger partial charge < -0.3 is 9.47 Å². The second-order valence-corrected chi connectivity index (χ2v) is 2.45. The molecule has 13 heavy (non-hydrogen) atoms. The number of hydrogen-bond acceptors (Lipinski definition) is 3. The highest BCUT2D eigenvalue weighted by Crippen LogP contribution is 2.08. The van der Waals surface area contributed by atoms with Gasteiger partial charge in [0.2, 0.25) is 0 Å². The maximum Gasteiger partial charge on any atom is 0.337 e. The summed E-state index contributed by atoms with van der Waals surface area (Å²) in [6.45, 7) is 0. The van der Waals surface area contributed by atoms with Crippen molar-refractivity contribution in [2.45, 2.75) is 0 Å². The van der Waals surface area contributed by atoms with Crippen molar-refractivity contribution in [3.05, 3.63) is 23.8 Å². The zero-order valence-electron chi connectivity index (χ0n) is 7.53. The van der Waals surface area contributed by atoms with Gasteiger partial charge in [-0.25, -0.2) is 4.79 Å². The van der Waals surface area contributed by atoms with Gasteiger partial charge in [0.1, 0.15) is 13.6 Å². The number of benzene rings is 1. The summed E-state index contributed by atoms with van der Waals surface area (Å²) in [5.74, 6) is 0.141. The first kappa shape index (κ1) is 9.64. The van der Waals surface area contributed by atoms with Crippen LogP contribution < -0.4 is 10.2 Å². The van der Waals surface area contributed by atoms with Crippen LogP contribution in [0.3, 0.4) is 0 Å². The summed E-state index contributed by atoms with van der Waals surface area (Å²) in [7, 11) is 8.43. The number of carbonyl (C=O) groups is 1. The molecular formula is C9H9BO3. The van der Waals surface area contributed by atoms with E-state index in [1.54, 1.807) is 12.1 Å². The fourth-order valence-electron chi connectivity index (χ4n) is 0.979. The maximum atomic E-state index is 11.0. The second kappa shape index (κ2) is 3.98. The Balaban J connectivity index is 3.02. The normalized spacial score (nSPS) is 9.38. The van der Waals surface area contributed by atoms with Crippen LogP contribution in [0.5, 0.6) is 5.75 Å². The highest BCUT2D eigenvalue weighted by Gasteiger charge is 2.06. The van der Waals surface area contributed by atoms with E-state index in [9.17, 15) is 4.79 Å². The van der Waals surface area contributed by atoms with Crippen LogP contribution in [0, 0.1) is 0 Å². The molecule has 1 aromatic rings. The minimum Gasteiger partial charge on any atom is -0.497 e. The Morgan fingerprint density at radius 3 is 2.54 bits per heavy atom. The summed E-state index contributed by atoms with van der Waals surface area (Å²) < 4.78 is 9.47. The first-order valence-corrected chi connectivity index (χ1v) is 3.71. The molecule has 0 heterocycles. The first-order valence-electron chi connectivity index (χ1n) is 3.71. The first-order chi connectivity index (χ1) is 6.19. The average molecular weight is 176 g/mol. The van der Waals surface area contributed by atoms with Gasteiger partial charge in [0, 0.05) is 0 Å². The van der Waals surface area contributed by atoms with Crippen molar-refractivity contribution in [1.29, 1.82) is 0 Å². The Labute approximate surface area is 78.1 Å². The smallest absolute Gasteiger partial charge is 0.337 e. The quantitative estimate of drug-likeness (QED) is 0.479. The number of rotatable bonds is 2. The number of ether oxygens (including phenoxy) is 2. The van der Waals surface area contributed by atoms with E-state index < -0.39 is 5.97 Å². The molecule has 0 unspecified atom stereocenters. The maximum absolute atomic E-state index is 11.0. The summed E-state index contributed by atoms with van der Waals surface area (Å²) in [5, 5.41) is 0. The molecule has 4 heteroatoms. The number of hydrogen-bond donors (Lipinski definition) is 0. The van der Waals surface area contributed by atoms with E-state index in [4.69, 9.17) is 12.6 Å². The van der Waals surface area contributed by atoms with Crippen LogP contribution in [-0.4, -0.2) is 28.0 Å². The molecule has 0 N–H and O–H groups in total. The van der Waals surface area contributed by atoms with Crippen LogP contribution in [0.15, 0.2) is 18.2 Å². The lowest BCUT2D eigenvalue weighted by molar-refractivity contribution is 0.0601. The van der Waals surface area contributed by atoms with Crippen LogP contribution in [0.2, 0.25) is 0 Å². The van der Waals surface area contributed by atoms with Gasteiger partial charge in [-0.05, 0) is 12.1 Å². The fraction of sp³-hybridized carbons (Fsp3) is 0.222. The number of carbonyl (C=O) groups excluding carboxylic acids is 1. The van der Waals surface area contributed by atoms with E-state index in [0.717, 1.165) is 0 Å². The van der Waals surface area contributed by atoms with E-state index >= 15 is 0 Å². The topological polar surface area (TPSA) is 35.5 Å². The Kier molecular flexibility index (Phi) is 2.95. The second-order valence-electron chi connectivity index (χ2n) is 2.45. The third-order valence-electron chi connectivity index (χ3n) is 1.65. The molecular weight excluding hydrogens is 167 g/mol. The SMILES string of the molecule is [B]c1cc(C(=O)OC)ccc1OC. The molecule has 0 atom stereocenters. The average Bonchev–Trinajstić information content (AvgIpc) is 2.16. The Morgan fingerprint density at radius 2 is 2.08 bits per heavy atom. The third kappa shape index (κ3) is 2.02. The summed E-state index contributed by atoms with van der Waals surface area (Å²) in [4.78, 5) is 11.0. The van der Waals surface area contributed by atoms with Crippen molar-refractivity contribution in [2.24, 2.45) is 0 Å². The Bertz CT molecular complexity index is 323. The lowest BCUT2D eigenvalue weighted by Gasteiger charge is -2.05. The standard InChI is InChI=1S/C9H9BO3/c1-12-8-4-3-6(5-7(8)10)9(11)13-2/h3-5H,1-2H3. The minimum absolute atomic E-state index is 0.408. The van der Waals surface area contributed by atoms with Gasteiger partial charge >= 0.3 is 5.97 Å². The molecule has 1 aromatic carbocycles. The molecule has 3 nitrogen and oxygen atoms in total. The van der Waals surface area contributed by atoms with Crippen molar-refractivity contribution in [3.8, 4) is 5.75 Å². The van der Waals surface area contributed by atoms with Crippen molar-refractivity contribution >= 4 is 19.3 Å². The summed E-state index contributed by atoms with van der Waals surface area (Å²) in [6.07, 6.45) is 0. The molecule has 0 aromatic heterocycles. The van der Waals surface area contributed by atoms with Crippen molar-refractivity contribution in [1.82, 2.24) is 0 Å². The predicted octanol–water partition coefficient (Wildman–Crippen LogP) is 0.276. The van der Waals surface area contributed by atoms with Gasteiger partial charge in [0.25, 0.3) is 0 Å². The third-order valence-corrected chi connectivity index (χ3v) is 1.65. The summed E-state index contributed by atoms with van der Waals surface area (Å²) in [5.41, 5.74) is 0.839. The molecule has 66 valence electrons. The van der Waals surface area contributed by atoms with Crippen LogP contribution >= 0.6 is 0 Å². The zero-order chi connectivity index (χ0) is 9.84. The lowest BCUT2D eigenvalue weighted by atomic mass is 9.93. The summed E-state index contributed by atoms with van der Waals surface area (Å²) >= 11 is 0. The van der Waals surface area contributed by atoms with Crippen molar-refractivity contribution in [3.63, 3.8) is 0 Å². The van der Waals surface area contributed by atoms with Crippen LogP contribution in [0.1, 0.15) is 10.4 Å². The molecule has 0 saturated heterocycles. The van der Waals surface area contributed by atoms with Gasteiger partial charge in [-0.2, -0.15) is 0 Å². The highest BCUT2D eigenvalue weighted by atomic mass is 16.5. The lowest BCUT2D eigenvalue weighted by Crippen LogP contribution is -2.11. The molecule has 0 aliphatic heterocycles. The van der Waals surface area contributed by atoms with Crippen LogP contribution in [0.25, 0.3) is 0 Å². The molecule has 0 aliphatic carbocycles. The largest absolute Gasteiger partial charge is 0.497 e. The summed E-state index contributed by atoms with van der Waals surface area (Å²) in [6, 6.07) is 4.74. The monoisotopic (exact) mass is 176 g/mol. The minimum atomic E-state index is -0.408. The van der Waals surface area contributed by atoms with Crippen molar-refractivity contribution < 1.29 is 14.3 Å². The zero-order valence-corrected chi connectivity index (χ0v) is 7.53. The van der Waals surface area contributed by atoms with E-state index in [0.29, 0.717) is 16.8 Å². The van der Waals surface area contributed by atoms with E-state index in [-0.39, 0.29) is 0 Å².